The molecule has 0 aromatic heterocycles. The van der Waals surface area contributed by atoms with Gasteiger partial charge >= 0.3 is 0 Å². The fourth-order valence-electron chi connectivity index (χ4n) is 2.31. The monoisotopic (exact) mass is 285 g/mol. The van der Waals surface area contributed by atoms with Crippen LogP contribution >= 0.6 is 0 Å². The second-order valence-electron chi connectivity index (χ2n) is 4.69. The van der Waals surface area contributed by atoms with E-state index >= 15 is 0 Å². The summed E-state index contributed by atoms with van der Waals surface area (Å²) in [5.74, 6) is -1.03. The Hall–Kier alpha value is -1.43. The number of hydrogen-bond acceptors (Lipinski definition) is 3. The molecule has 2 rings (SSSR count). The molecule has 1 amide bonds. The van der Waals surface area contributed by atoms with Crippen molar-refractivity contribution in [1.82, 2.24) is 4.31 Å². The molecule has 1 saturated heterocycles. The molecule has 1 aromatic rings. The van der Waals surface area contributed by atoms with E-state index in [1.54, 1.807) is 19.1 Å². The number of alkyl halides is 1. The maximum Gasteiger partial charge on any atom is 0.266 e. The van der Waals surface area contributed by atoms with Crippen LogP contribution in [0.5, 0.6) is 0 Å². The van der Waals surface area contributed by atoms with E-state index in [-0.39, 0.29) is 4.90 Å². The van der Waals surface area contributed by atoms with Crippen molar-refractivity contribution in [1.29, 1.82) is 0 Å². The fourth-order valence-corrected chi connectivity index (χ4v) is 3.95. The summed E-state index contributed by atoms with van der Waals surface area (Å²) < 4.78 is 38.2. The summed E-state index contributed by atoms with van der Waals surface area (Å²) in [5, 5.41) is 0. The van der Waals surface area contributed by atoms with Gasteiger partial charge in [-0.3, -0.25) is 4.79 Å². The minimum Gasteiger partial charge on any atom is -0.273 e. The van der Waals surface area contributed by atoms with Crippen molar-refractivity contribution >= 4 is 15.9 Å². The average molecular weight is 285 g/mol. The first-order valence-corrected chi connectivity index (χ1v) is 7.58. The quantitative estimate of drug-likeness (QED) is 0.794. The first-order chi connectivity index (χ1) is 8.93. The van der Waals surface area contributed by atoms with E-state index in [9.17, 15) is 17.6 Å². The summed E-state index contributed by atoms with van der Waals surface area (Å²) in [4.78, 5) is 11.9. The Morgan fingerprint density at radius 2 is 1.84 bits per heavy atom. The first-order valence-electron chi connectivity index (χ1n) is 6.14. The van der Waals surface area contributed by atoms with Gasteiger partial charge in [0, 0.05) is 0 Å². The Labute approximate surface area is 112 Å². The number of β-lactam (4-membered cyclic amide) rings is 1. The van der Waals surface area contributed by atoms with Crippen LogP contribution < -0.4 is 0 Å². The van der Waals surface area contributed by atoms with Gasteiger partial charge in [0.25, 0.3) is 10.0 Å². The number of sulfonamides is 1. The van der Waals surface area contributed by atoms with Crippen LogP contribution in [0.4, 0.5) is 4.39 Å². The van der Waals surface area contributed by atoms with Gasteiger partial charge in [-0.1, -0.05) is 24.6 Å². The van der Waals surface area contributed by atoms with Crippen molar-refractivity contribution in [2.45, 2.75) is 31.2 Å². The summed E-state index contributed by atoms with van der Waals surface area (Å²) in [5.41, 5.74) is 0.919. The lowest BCUT2D eigenvalue weighted by atomic mass is 9.89. The highest BCUT2D eigenvalue weighted by molar-refractivity contribution is 7.89. The molecular weight excluding hydrogens is 269 g/mol. The zero-order valence-corrected chi connectivity index (χ0v) is 11.7. The summed E-state index contributed by atoms with van der Waals surface area (Å²) >= 11 is 0. The van der Waals surface area contributed by atoms with Gasteiger partial charge in [0.05, 0.1) is 16.9 Å². The summed E-state index contributed by atoms with van der Waals surface area (Å²) in [7, 11) is -3.93. The van der Waals surface area contributed by atoms with E-state index in [1.165, 1.54) is 12.1 Å². The van der Waals surface area contributed by atoms with Gasteiger partial charge in [-0.05, 0) is 25.5 Å². The Morgan fingerprint density at radius 3 is 2.32 bits per heavy atom. The van der Waals surface area contributed by atoms with Crippen LogP contribution in [0, 0.1) is 12.8 Å². The molecule has 104 valence electrons. The van der Waals surface area contributed by atoms with Gasteiger partial charge < -0.3 is 0 Å². The van der Waals surface area contributed by atoms with Gasteiger partial charge in [-0.25, -0.2) is 17.1 Å². The Kier molecular flexibility index (Phi) is 3.62. The van der Waals surface area contributed by atoms with Gasteiger partial charge in [0.2, 0.25) is 5.91 Å². The number of amides is 1. The topological polar surface area (TPSA) is 54.5 Å². The number of aryl methyl sites for hydroxylation is 1. The number of nitrogens with zero attached hydrogens (tertiary/aromatic N) is 1. The number of carbonyl (C=O) groups is 1. The lowest BCUT2D eigenvalue weighted by molar-refractivity contribution is -0.147. The van der Waals surface area contributed by atoms with Crippen LogP contribution in [0.1, 0.15) is 18.9 Å². The van der Waals surface area contributed by atoms with E-state index in [0.29, 0.717) is 10.7 Å². The Morgan fingerprint density at radius 1 is 1.26 bits per heavy atom. The van der Waals surface area contributed by atoms with Gasteiger partial charge in [0.15, 0.2) is 0 Å². The van der Waals surface area contributed by atoms with Crippen molar-refractivity contribution in [3.63, 3.8) is 0 Å². The number of rotatable bonds is 4. The van der Waals surface area contributed by atoms with E-state index in [4.69, 9.17) is 0 Å². The molecule has 0 N–H and O–H groups in total. The SMILES string of the molecule is CC[C@@H]1C(=O)N(S(=O)(=O)c2ccc(C)cc2)[C@@H]1CF. The molecule has 0 aliphatic carbocycles. The van der Waals surface area contributed by atoms with Crippen LogP contribution in [0.2, 0.25) is 0 Å². The van der Waals surface area contributed by atoms with Crippen molar-refractivity contribution in [3.05, 3.63) is 29.8 Å². The second kappa shape index (κ2) is 4.92. The average Bonchev–Trinajstić information content (AvgIpc) is 2.36. The van der Waals surface area contributed by atoms with Crippen molar-refractivity contribution < 1.29 is 17.6 Å². The minimum atomic E-state index is -3.93. The van der Waals surface area contributed by atoms with E-state index in [2.05, 4.69) is 0 Å². The van der Waals surface area contributed by atoms with E-state index in [1.807, 2.05) is 6.92 Å². The molecule has 1 heterocycles. The Bertz CT molecular complexity index is 582. The maximum atomic E-state index is 13.0. The minimum absolute atomic E-state index is 0.0273. The first kappa shape index (κ1) is 14.0. The van der Waals surface area contributed by atoms with Crippen LogP contribution in [-0.2, 0) is 14.8 Å². The highest BCUT2D eigenvalue weighted by atomic mass is 32.2. The molecule has 2 atom stereocenters. The van der Waals surface area contributed by atoms with Gasteiger partial charge in [-0.15, -0.1) is 0 Å². The molecule has 0 unspecified atom stereocenters. The van der Waals surface area contributed by atoms with E-state index in [0.717, 1.165) is 5.56 Å². The number of carbonyl (C=O) groups excluding carboxylic acids is 1. The molecule has 0 saturated carbocycles. The van der Waals surface area contributed by atoms with Crippen molar-refractivity contribution in [2.75, 3.05) is 6.67 Å². The molecular formula is C13H16FNO3S. The third-order valence-corrected chi connectivity index (χ3v) is 5.31. The standard InChI is InChI=1S/C13H16FNO3S/c1-3-11-12(8-14)15(13(11)16)19(17,18)10-6-4-9(2)5-7-10/h4-7,11-12H,3,8H2,1-2H3/t11-,12+/m0/s1. The molecule has 19 heavy (non-hydrogen) atoms. The molecule has 1 aromatic carbocycles. The van der Waals surface area contributed by atoms with Crippen LogP contribution in [0.15, 0.2) is 29.2 Å². The smallest absolute Gasteiger partial charge is 0.266 e. The second-order valence-corrected chi connectivity index (χ2v) is 6.50. The zero-order chi connectivity index (χ0) is 14.2. The summed E-state index contributed by atoms with van der Waals surface area (Å²) in [6, 6.07) is 5.32. The maximum absolute atomic E-state index is 13.0. The number of halogens is 1. The highest BCUT2D eigenvalue weighted by Crippen LogP contribution is 2.35. The summed E-state index contributed by atoms with van der Waals surface area (Å²) in [6.45, 7) is 2.75. The molecule has 6 heteroatoms. The molecule has 0 spiro atoms. The molecule has 0 bridgehead atoms. The van der Waals surface area contributed by atoms with Crippen molar-refractivity contribution in [2.24, 2.45) is 5.92 Å². The van der Waals surface area contributed by atoms with E-state index < -0.39 is 34.6 Å². The number of hydrogen-bond donors (Lipinski definition) is 0. The molecule has 1 aliphatic heterocycles. The third-order valence-electron chi connectivity index (χ3n) is 3.48. The molecule has 0 radical (unpaired) electrons. The van der Waals surface area contributed by atoms with Crippen LogP contribution in [-0.4, -0.2) is 31.3 Å². The molecule has 1 aliphatic rings. The van der Waals surface area contributed by atoms with Gasteiger partial charge in [-0.2, -0.15) is 0 Å². The number of benzene rings is 1. The lowest BCUT2D eigenvalue weighted by Gasteiger charge is -2.44. The Balaban J connectivity index is 2.35. The lowest BCUT2D eigenvalue weighted by Crippen LogP contribution is -2.63. The van der Waals surface area contributed by atoms with Crippen LogP contribution in [0.25, 0.3) is 0 Å². The largest absolute Gasteiger partial charge is 0.273 e. The zero-order valence-electron chi connectivity index (χ0n) is 10.8. The van der Waals surface area contributed by atoms with Gasteiger partial charge in [0.1, 0.15) is 6.67 Å². The predicted molar refractivity (Wildman–Crippen MR) is 68.8 cm³/mol. The predicted octanol–water partition coefficient (Wildman–Crippen LogP) is 1.89. The van der Waals surface area contributed by atoms with Crippen molar-refractivity contribution in [3.8, 4) is 0 Å². The molecule has 4 nitrogen and oxygen atoms in total. The summed E-state index contributed by atoms with van der Waals surface area (Å²) in [6.07, 6.45) is 0.452. The fraction of sp³-hybridized carbons (Fsp3) is 0.462. The third kappa shape index (κ3) is 2.14. The molecule has 1 fully saturated rings. The normalized spacial score (nSPS) is 23.3. The highest BCUT2D eigenvalue weighted by Gasteiger charge is 2.52. The van der Waals surface area contributed by atoms with Crippen LogP contribution in [0.3, 0.4) is 0 Å².